The second-order valence-electron chi connectivity index (χ2n) is 5.03. The highest BCUT2D eigenvalue weighted by Crippen LogP contribution is 2.23. The number of carbonyl (C=O) groups is 1. The molecular weight excluding hydrogens is 228 g/mol. The number of rotatable bonds is 3. The summed E-state index contributed by atoms with van der Waals surface area (Å²) in [7, 11) is 2.01. The highest BCUT2D eigenvalue weighted by Gasteiger charge is 2.30. The van der Waals surface area contributed by atoms with Gasteiger partial charge in [0.25, 0.3) is 0 Å². The molecule has 1 heterocycles. The van der Waals surface area contributed by atoms with E-state index < -0.39 is 5.97 Å². The molecule has 1 aliphatic rings. The number of aliphatic carboxylic acids is 1. The van der Waals surface area contributed by atoms with E-state index in [1.807, 2.05) is 25.2 Å². The van der Waals surface area contributed by atoms with Crippen molar-refractivity contribution in [1.82, 2.24) is 4.90 Å². The number of likely N-dealkylation sites (N-methyl/N-ethyl adjacent to an activating group) is 1. The molecule has 0 saturated carbocycles. The Kier molecular flexibility index (Phi) is 3.87. The van der Waals surface area contributed by atoms with Gasteiger partial charge in [0.15, 0.2) is 0 Å². The van der Waals surface area contributed by atoms with Gasteiger partial charge in [-0.2, -0.15) is 0 Å². The molecule has 98 valence electrons. The first-order valence-electron chi connectivity index (χ1n) is 6.31. The van der Waals surface area contributed by atoms with E-state index in [2.05, 4.69) is 28.9 Å². The normalized spacial score (nSPS) is 25.1. The zero-order valence-electron chi connectivity index (χ0n) is 10.9. The fourth-order valence-electron chi connectivity index (χ4n) is 2.61. The molecule has 1 N–H and O–H groups in total. The van der Waals surface area contributed by atoms with Gasteiger partial charge in [-0.1, -0.05) is 18.2 Å². The average molecular weight is 248 g/mol. The monoisotopic (exact) mass is 248 g/mol. The highest BCUT2D eigenvalue weighted by atomic mass is 16.4. The van der Waals surface area contributed by atoms with E-state index in [9.17, 15) is 4.79 Å². The van der Waals surface area contributed by atoms with Crippen molar-refractivity contribution in [3.63, 3.8) is 0 Å². The van der Waals surface area contributed by atoms with Crippen molar-refractivity contribution in [2.24, 2.45) is 0 Å². The van der Waals surface area contributed by atoms with E-state index in [-0.39, 0.29) is 12.5 Å². The van der Waals surface area contributed by atoms with Gasteiger partial charge in [-0.3, -0.25) is 9.69 Å². The number of carboxylic acid groups (broad SMARTS) is 1. The summed E-state index contributed by atoms with van der Waals surface area (Å²) in [4.78, 5) is 15.3. The molecule has 0 radical (unpaired) electrons. The summed E-state index contributed by atoms with van der Waals surface area (Å²) in [6.07, 6.45) is 0.201. The molecule has 1 saturated heterocycles. The topological polar surface area (TPSA) is 43.8 Å². The quantitative estimate of drug-likeness (QED) is 0.883. The van der Waals surface area contributed by atoms with Gasteiger partial charge in [-0.05, 0) is 26.1 Å². The van der Waals surface area contributed by atoms with Crippen molar-refractivity contribution in [2.45, 2.75) is 25.4 Å². The maximum atomic E-state index is 10.9. The Hall–Kier alpha value is -1.55. The standard InChI is InChI=1S/C14H20N2O2/c1-11-9-15(2)13(8-14(17)18)10-16(11)12-6-4-3-5-7-12/h3-7,11,13H,8-10H2,1-2H3,(H,17,18)/t11-,13+/m0/s1. The molecule has 1 aromatic rings. The third-order valence-electron chi connectivity index (χ3n) is 3.61. The Bertz CT molecular complexity index is 408. The van der Waals surface area contributed by atoms with Crippen LogP contribution >= 0.6 is 0 Å². The van der Waals surface area contributed by atoms with Gasteiger partial charge in [0.1, 0.15) is 0 Å². The first-order chi connectivity index (χ1) is 8.58. The first kappa shape index (κ1) is 12.9. The smallest absolute Gasteiger partial charge is 0.305 e. The number of anilines is 1. The lowest BCUT2D eigenvalue weighted by atomic mass is 10.0. The van der Waals surface area contributed by atoms with E-state index in [1.54, 1.807) is 0 Å². The Morgan fingerprint density at radius 3 is 2.61 bits per heavy atom. The third kappa shape index (κ3) is 2.82. The van der Waals surface area contributed by atoms with Gasteiger partial charge in [0.2, 0.25) is 0 Å². The summed E-state index contributed by atoms with van der Waals surface area (Å²) in [6, 6.07) is 10.7. The van der Waals surface area contributed by atoms with Crippen molar-refractivity contribution in [3.8, 4) is 0 Å². The van der Waals surface area contributed by atoms with Gasteiger partial charge >= 0.3 is 5.97 Å². The number of para-hydroxylation sites is 1. The Morgan fingerprint density at radius 2 is 2.00 bits per heavy atom. The molecule has 1 fully saturated rings. The minimum Gasteiger partial charge on any atom is -0.481 e. The van der Waals surface area contributed by atoms with E-state index in [0.717, 1.165) is 13.1 Å². The van der Waals surface area contributed by atoms with Crippen LogP contribution in [-0.4, -0.2) is 48.2 Å². The van der Waals surface area contributed by atoms with Gasteiger partial charge in [-0.25, -0.2) is 0 Å². The summed E-state index contributed by atoms with van der Waals surface area (Å²) >= 11 is 0. The van der Waals surface area contributed by atoms with Crippen LogP contribution in [0.1, 0.15) is 13.3 Å². The van der Waals surface area contributed by atoms with Crippen LogP contribution in [0.4, 0.5) is 5.69 Å². The average Bonchev–Trinajstić information content (AvgIpc) is 2.33. The second-order valence-corrected chi connectivity index (χ2v) is 5.03. The molecule has 0 aromatic heterocycles. The maximum absolute atomic E-state index is 10.9. The van der Waals surface area contributed by atoms with E-state index in [0.29, 0.717) is 6.04 Å². The predicted octanol–water partition coefficient (Wildman–Crippen LogP) is 1.67. The molecule has 2 rings (SSSR count). The molecule has 1 aliphatic heterocycles. The molecule has 0 aliphatic carbocycles. The number of hydrogen-bond donors (Lipinski definition) is 1. The highest BCUT2D eigenvalue weighted by molar-refractivity contribution is 5.67. The molecule has 0 spiro atoms. The molecule has 0 amide bonds. The van der Waals surface area contributed by atoms with E-state index in [1.165, 1.54) is 5.69 Å². The third-order valence-corrected chi connectivity index (χ3v) is 3.61. The van der Waals surface area contributed by atoms with Crippen molar-refractivity contribution in [2.75, 3.05) is 25.0 Å². The van der Waals surface area contributed by atoms with Crippen LogP contribution < -0.4 is 4.90 Å². The van der Waals surface area contributed by atoms with Gasteiger partial charge in [0.05, 0.1) is 6.42 Å². The molecule has 0 bridgehead atoms. The van der Waals surface area contributed by atoms with Crippen LogP contribution in [0.2, 0.25) is 0 Å². The molecule has 4 heteroatoms. The summed E-state index contributed by atoms with van der Waals surface area (Å²) < 4.78 is 0. The number of carboxylic acids is 1. The second kappa shape index (κ2) is 5.40. The first-order valence-corrected chi connectivity index (χ1v) is 6.31. The molecular formula is C14H20N2O2. The number of piperazine rings is 1. The summed E-state index contributed by atoms with van der Waals surface area (Å²) in [5.74, 6) is -0.727. The van der Waals surface area contributed by atoms with Gasteiger partial charge in [-0.15, -0.1) is 0 Å². The molecule has 18 heavy (non-hydrogen) atoms. The van der Waals surface area contributed by atoms with Crippen LogP contribution in [0.25, 0.3) is 0 Å². The lowest BCUT2D eigenvalue weighted by Gasteiger charge is -2.44. The SMILES string of the molecule is C[C@H]1CN(C)[C@H](CC(=O)O)CN1c1ccccc1. The predicted molar refractivity (Wildman–Crippen MR) is 71.9 cm³/mol. The zero-order chi connectivity index (χ0) is 13.1. The summed E-state index contributed by atoms with van der Waals surface area (Å²) in [5.41, 5.74) is 1.17. The Morgan fingerprint density at radius 1 is 1.33 bits per heavy atom. The molecule has 4 nitrogen and oxygen atoms in total. The lowest BCUT2D eigenvalue weighted by molar-refractivity contribution is -0.138. The van der Waals surface area contributed by atoms with Crippen LogP contribution in [0, 0.1) is 0 Å². The fraction of sp³-hybridized carbons (Fsp3) is 0.500. The Labute approximate surface area is 108 Å². The van der Waals surface area contributed by atoms with Crippen LogP contribution in [0.5, 0.6) is 0 Å². The minimum absolute atomic E-state index is 0.0823. The fourth-order valence-corrected chi connectivity index (χ4v) is 2.61. The van der Waals surface area contributed by atoms with Gasteiger partial charge < -0.3 is 10.0 Å². The van der Waals surface area contributed by atoms with E-state index >= 15 is 0 Å². The van der Waals surface area contributed by atoms with Crippen molar-refractivity contribution in [1.29, 1.82) is 0 Å². The summed E-state index contributed by atoms with van der Waals surface area (Å²) in [6.45, 7) is 3.85. The van der Waals surface area contributed by atoms with Crippen molar-refractivity contribution >= 4 is 11.7 Å². The van der Waals surface area contributed by atoms with Crippen molar-refractivity contribution in [3.05, 3.63) is 30.3 Å². The van der Waals surface area contributed by atoms with Crippen LogP contribution in [0.15, 0.2) is 30.3 Å². The number of benzene rings is 1. The molecule has 0 unspecified atom stereocenters. The maximum Gasteiger partial charge on any atom is 0.305 e. The van der Waals surface area contributed by atoms with Crippen LogP contribution in [0.3, 0.4) is 0 Å². The van der Waals surface area contributed by atoms with Crippen LogP contribution in [-0.2, 0) is 4.79 Å². The molecule has 1 aromatic carbocycles. The number of hydrogen-bond acceptors (Lipinski definition) is 3. The number of nitrogens with zero attached hydrogens (tertiary/aromatic N) is 2. The minimum atomic E-state index is -0.727. The van der Waals surface area contributed by atoms with E-state index in [4.69, 9.17) is 5.11 Å². The largest absolute Gasteiger partial charge is 0.481 e. The zero-order valence-corrected chi connectivity index (χ0v) is 10.9. The lowest BCUT2D eigenvalue weighted by Crippen LogP contribution is -2.56. The Balaban J connectivity index is 2.13. The summed E-state index contributed by atoms with van der Waals surface area (Å²) in [5, 5.41) is 8.96. The van der Waals surface area contributed by atoms with Crippen molar-refractivity contribution < 1.29 is 9.90 Å². The molecule has 2 atom stereocenters. The van der Waals surface area contributed by atoms with Gasteiger partial charge in [0, 0.05) is 30.9 Å².